The van der Waals surface area contributed by atoms with Gasteiger partial charge in [0.15, 0.2) is 10.9 Å². The zero-order valence-electron chi connectivity index (χ0n) is 47.8. The molecule has 16 rings (SSSR count). The van der Waals surface area contributed by atoms with E-state index in [0.29, 0.717) is 63.3 Å². The van der Waals surface area contributed by atoms with Crippen molar-refractivity contribution in [1.82, 2.24) is 34.7 Å². The second kappa shape index (κ2) is 20.7. The van der Waals surface area contributed by atoms with Gasteiger partial charge in [-0.05, 0) is 99.5 Å². The van der Waals surface area contributed by atoms with Crippen LogP contribution in [0.1, 0.15) is 87.4 Å². The Morgan fingerprint density at radius 1 is 0.724 bits per heavy atom. The van der Waals surface area contributed by atoms with Gasteiger partial charge in [-0.3, -0.25) is 9.80 Å². The minimum Gasteiger partial charge on any atom is -0.461 e. The van der Waals surface area contributed by atoms with Gasteiger partial charge in [-0.25, -0.2) is 22.5 Å². The number of ether oxygens (including phenoxy) is 4. The van der Waals surface area contributed by atoms with Gasteiger partial charge in [-0.2, -0.15) is 33.1 Å². The number of rotatable bonds is 11. The maximum Gasteiger partial charge on any atom is 0.417 e. The minimum absolute atomic E-state index is 0.00918. The van der Waals surface area contributed by atoms with E-state index in [4.69, 9.17) is 51.2 Å². The van der Waals surface area contributed by atoms with Crippen molar-refractivity contribution >= 4 is 77.3 Å². The summed E-state index contributed by atoms with van der Waals surface area (Å²) >= 11 is 7.61. The molecule has 0 amide bonds. The molecule has 4 aromatic carbocycles. The van der Waals surface area contributed by atoms with E-state index in [1.165, 1.54) is 0 Å². The van der Waals surface area contributed by atoms with Crippen LogP contribution in [0.5, 0.6) is 12.0 Å². The molecule has 458 valence electrons. The van der Waals surface area contributed by atoms with Gasteiger partial charge in [0.2, 0.25) is 0 Å². The van der Waals surface area contributed by atoms with E-state index in [1.807, 2.05) is 17.0 Å². The van der Waals surface area contributed by atoms with Crippen molar-refractivity contribution in [2.75, 3.05) is 99.2 Å². The molecule has 0 aliphatic carbocycles. The van der Waals surface area contributed by atoms with E-state index < -0.39 is 63.5 Å². The first-order valence-electron chi connectivity index (χ1n) is 30.6. The summed E-state index contributed by atoms with van der Waals surface area (Å²) in [6.07, 6.45) is 0.731. The van der Waals surface area contributed by atoms with Crippen LogP contribution in [0, 0.1) is 17.6 Å². The van der Waals surface area contributed by atoms with E-state index in [0.717, 1.165) is 121 Å². The average molecular weight is 1240 g/mol. The fraction of sp³-hybridized carbons (Fsp3) is 0.540. The van der Waals surface area contributed by atoms with Crippen molar-refractivity contribution in [2.45, 2.75) is 130 Å². The van der Waals surface area contributed by atoms with E-state index in [9.17, 15) is 4.39 Å². The highest BCUT2D eigenvalue weighted by molar-refractivity contribution is 7.22. The predicted molar refractivity (Wildman–Crippen MR) is 318 cm³/mol. The maximum absolute atomic E-state index is 17.6. The molecule has 12 heterocycles. The molecule has 2 N–H and O–H groups in total. The van der Waals surface area contributed by atoms with Crippen LogP contribution in [-0.4, -0.2) is 154 Å². The highest BCUT2D eigenvalue weighted by Crippen LogP contribution is 2.53. The van der Waals surface area contributed by atoms with Gasteiger partial charge in [0.05, 0.1) is 68.0 Å². The highest BCUT2D eigenvalue weighted by Gasteiger charge is 2.59. The third-order valence-electron chi connectivity index (χ3n) is 20.8. The first kappa shape index (κ1) is 56.1. The highest BCUT2D eigenvalue weighted by atomic mass is 35.5. The van der Waals surface area contributed by atoms with Crippen LogP contribution in [0.2, 0.25) is 5.02 Å². The van der Waals surface area contributed by atoms with Crippen molar-refractivity contribution in [1.29, 1.82) is 0 Å². The van der Waals surface area contributed by atoms with Crippen LogP contribution in [0.15, 0.2) is 54.6 Å². The summed E-state index contributed by atoms with van der Waals surface area (Å²) in [4.78, 5) is 34.6. The van der Waals surface area contributed by atoms with Crippen molar-refractivity contribution < 1.29 is 49.7 Å². The van der Waals surface area contributed by atoms with E-state index in [1.54, 1.807) is 0 Å². The second-order valence-electron chi connectivity index (χ2n) is 26.1. The lowest BCUT2D eigenvalue weighted by molar-refractivity contribution is -0.226. The molecule has 0 saturated carbocycles. The molecule has 4 unspecified atom stereocenters. The Kier molecular flexibility index (Phi) is 13.4. The molecule has 8 fully saturated rings. The van der Waals surface area contributed by atoms with Crippen LogP contribution in [-0.2, 0) is 28.6 Å². The number of nitrogens with zero attached hydrogens (tertiary/aromatic N) is 10. The first-order chi connectivity index (χ1) is 41.9. The fourth-order valence-electron chi connectivity index (χ4n) is 16.8. The number of nitrogen functional groups attached to an aromatic ring is 1. The maximum atomic E-state index is 17.6. The molecular formula is C63H65ClF7N11O4S. The van der Waals surface area contributed by atoms with Crippen molar-refractivity contribution in [3.63, 3.8) is 0 Å². The monoisotopic (exact) mass is 1240 g/mol. The summed E-state index contributed by atoms with van der Waals surface area (Å²) in [6.45, 7) is 6.10. The smallest absolute Gasteiger partial charge is 0.417 e. The van der Waals surface area contributed by atoms with E-state index >= 15 is 26.3 Å². The van der Waals surface area contributed by atoms with Crippen LogP contribution in [0.4, 0.5) is 53.2 Å². The molecule has 7 aromatic rings. The number of fused-ring (bicyclic) bond motifs is 6. The quantitative estimate of drug-likeness (QED) is 0.123. The number of thiazole rings is 1. The largest absolute Gasteiger partial charge is 0.461 e. The molecule has 3 aromatic heterocycles. The second-order valence-corrected chi connectivity index (χ2v) is 27.6. The Morgan fingerprint density at radius 3 is 2.21 bits per heavy atom. The Bertz CT molecular complexity index is 3910. The van der Waals surface area contributed by atoms with Gasteiger partial charge in [-0.1, -0.05) is 47.2 Å². The van der Waals surface area contributed by atoms with Gasteiger partial charge in [0.1, 0.15) is 48.5 Å². The SMILES string of the molecule is Nc1nc2c(-c3c(C(F)(F)F)cc4c(N5CCCC6(CC(C7CN8C[C@H](F)C[C@]8(COc8nc9c(c(N%10CCCC%11(CCO%11)C%10)n8)CCN(c8cccc%10cccc(Cl)c8%10)C9)C7)O6)C5)nc(OC[C@@]56CCCN5C[C@H](F)C6)nc4c3F)ccc(F)c2s1. The summed E-state index contributed by atoms with van der Waals surface area (Å²) < 4.78 is 136. The van der Waals surface area contributed by atoms with Gasteiger partial charge in [0.25, 0.3) is 0 Å². The van der Waals surface area contributed by atoms with Crippen molar-refractivity contribution in [3.8, 4) is 23.1 Å². The Balaban J connectivity index is 0.678. The summed E-state index contributed by atoms with van der Waals surface area (Å²) in [7, 11) is 0. The molecule has 24 heteroatoms. The molecule has 8 saturated heterocycles. The average Bonchev–Trinajstić information content (AvgIpc) is 1.72. The van der Waals surface area contributed by atoms with Gasteiger partial charge >= 0.3 is 18.2 Å². The Labute approximate surface area is 506 Å². The molecule has 15 nitrogen and oxygen atoms in total. The molecule has 0 bridgehead atoms. The van der Waals surface area contributed by atoms with Gasteiger partial charge in [-0.15, -0.1) is 0 Å². The zero-order valence-corrected chi connectivity index (χ0v) is 49.4. The summed E-state index contributed by atoms with van der Waals surface area (Å²) in [6, 6.07) is 15.1. The molecule has 2 spiro atoms. The first-order valence-corrected chi connectivity index (χ1v) is 31.8. The van der Waals surface area contributed by atoms with E-state index in [-0.39, 0.29) is 107 Å². The lowest BCUT2D eigenvalue weighted by Crippen LogP contribution is -2.62. The molecule has 0 radical (unpaired) electrons. The zero-order chi connectivity index (χ0) is 59.4. The van der Waals surface area contributed by atoms with Crippen LogP contribution < -0.4 is 29.9 Å². The summed E-state index contributed by atoms with van der Waals surface area (Å²) in [5, 5.41) is 2.44. The Hall–Kier alpha value is -6.11. The number of hydrogen-bond donors (Lipinski definition) is 1. The topological polar surface area (TPSA) is 144 Å². The standard InChI is InChI=1S/C63H65ClF7N11O4S/c64-43-8-1-6-35-7-2-9-46(48(35)43)78-20-12-39-45(30-78)73-57(76-54(39)79-17-4-14-61(31-79)16-21-85-61)84-34-60-23-36(27-82(60)29-38(66)25-60)47-26-62(86-47)15-5-18-80(32-62)55-41-22-42(63(69,70)71)49(40-10-11-44(67)53-52(40)74-56(72)87-53)50(68)51(41)75-58(77-55)83-33-59-13-3-19-81(59)28-37(65)24-59/h1-2,6-11,22,36-38,47H,3-5,12-21,23-34H2,(H2,72,74)/t36?,37-,38-,47?,59+,60+,61?,62?/m1/s1. The number of alkyl halides is 5. The van der Waals surface area contributed by atoms with Crippen molar-refractivity contribution in [3.05, 3.63) is 88.1 Å². The summed E-state index contributed by atoms with van der Waals surface area (Å²) in [5.74, 6) is -1.16. The number of piperidine rings is 2. The normalized spacial score (nSPS) is 30.0. The predicted octanol–water partition coefficient (Wildman–Crippen LogP) is 11.7. The number of hydrogen-bond acceptors (Lipinski definition) is 16. The number of anilines is 4. The third-order valence-corrected chi connectivity index (χ3v) is 22.0. The molecule has 8 atom stereocenters. The summed E-state index contributed by atoms with van der Waals surface area (Å²) in [5.41, 5.74) is 3.63. The minimum atomic E-state index is -5.10. The fourth-order valence-corrected chi connectivity index (χ4v) is 17.8. The number of aromatic nitrogens is 5. The van der Waals surface area contributed by atoms with Gasteiger partial charge < -0.3 is 39.4 Å². The molecule has 9 aliphatic rings. The molecular weight excluding hydrogens is 1180 g/mol. The van der Waals surface area contributed by atoms with Crippen LogP contribution in [0.25, 0.3) is 43.0 Å². The molecule has 87 heavy (non-hydrogen) atoms. The lowest BCUT2D eigenvalue weighted by Gasteiger charge is -2.54. The van der Waals surface area contributed by atoms with E-state index in [2.05, 4.69) is 53.8 Å². The van der Waals surface area contributed by atoms with Crippen LogP contribution >= 0.6 is 22.9 Å². The Morgan fingerprint density at radius 2 is 1.43 bits per heavy atom. The number of nitrogens with two attached hydrogens (primary N) is 1. The lowest BCUT2D eigenvalue weighted by atomic mass is 9.76. The van der Waals surface area contributed by atoms with Gasteiger partial charge in [0, 0.05) is 111 Å². The molecule has 9 aliphatic heterocycles. The van der Waals surface area contributed by atoms with Crippen molar-refractivity contribution in [2.24, 2.45) is 5.92 Å². The number of halogens is 8. The third kappa shape index (κ3) is 9.50. The van der Waals surface area contributed by atoms with Crippen LogP contribution in [0.3, 0.4) is 0 Å². The number of benzene rings is 4.